The summed E-state index contributed by atoms with van der Waals surface area (Å²) >= 11 is 0. The van der Waals surface area contributed by atoms with Crippen LogP contribution in [0.15, 0.2) is 59.6 Å². The number of esters is 1. The standard InChI is InChI=1S/C18H19NO2/c1-14-8-10-16(11-9-14)17(18(20)21-2)13-19-12-15-6-4-3-5-7-15/h3-12,17H,13H2,1-2H3. The molecule has 0 aliphatic rings. The summed E-state index contributed by atoms with van der Waals surface area (Å²) < 4.78 is 4.89. The molecular formula is C18H19NO2. The van der Waals surface area contributed by atoms with Crippen molar-refractivity contribution in [3.63, 3.8) is 0 Å². The van der Waals surface area contributed by atoms with Gasteiger partial charge < -0.3 is 4.74 Å². The molecule has 0 amide bonds. The van der Waals surface area contributed by atoms with Crippen molar-refractivity contribution in [2.24, 2.45) is 4.99 Å². The summed E-state index contributed by atoms with van der Waals surface area (Å²) in [6.07, 6.45) is 1.78. The number of hydrogen-bond acceptors (Lipinski definition) is 3. The molecule has 0 aliphatic heterocycles. The first-order valence-electron chi connectivity index (χ1n) is 6.90. The van der Waals surface area contributed by atoms with Crippen LogP contribution in [0.5, 0.6) is 0 Å². The second kappa shape index (κ2) is 7.39. The lowest BCUT2D eigenvalue weighted by atomic mass is 9.98. The fourth-order valence-corrected chi connectivity index (χ4v) is 2.06. The number of nitrogens with zero attached hydrogens (tertiary/aromatic N) is 1. The normalized spacial score (nSPS) is 12.3. The molecule has 3 nitrogen and oxygen atoms in total. The number of aliphatic imine (C=N–C) groups is 1. The minimum absolute atomic E-state index is 0.260. The first-order chi connectivity index (χ1) is 10.2. The van der Waals surface area contributed by atoms with Gasteiger partial charge in [0.05, 0.1) is 13.7 Å². The molecule has 2 aromatic rings. The number of carbonyl (C=O) groups excluding carboxylic acids is 1. The molecule has 0 heterocycles. The van der Waals surface area contributed by atoms with Gasteiger partial charge in [-0.25, -0.2) is 0 Å². The molecule has 0 saturated heterocycles. The summed E-state index contributed by atoms with van der Waals surface area (Å²) in [5.41, 5.74) is 3.11. The monoisotopic (exact) mass is 281 g/mol. The molecule has 0 spiro atoms. The van der Waals surface area contributed by atoms with Crippen LogP contribution in [-0.2, 0) is 9.53 Å². The van der Waals surface area contributed by atoms with E-state index in [1.165, 1.54) is 7.11 Å². The fourth-order valence-electron chi connectivity index (χ4n) is 2.06. The number of benzene rings is 2. The maximum atomic E-state index is 11.9. The van der Waals surface area contributed by atoms with E-state index >= 15 is 0 Å². The zero-order chi connectivity index (χ0) is 15.1. The Morgan fingerprint density at radius 2 is 1.81 bits per heavy atom. The van der Waals surface area contributed by atoms with E-state index in [-0.39, 0.29) is 11.9 Å². The number of hydrogen-bond donors (Lipinski definition) is 0. The molecule has 0 aliphatic carbocycles. The Bertz CT molecular complexity index is 603. The van der Waals surface area contributed by atoms with Crippen LogP contribution in [0.1, 0.15) is 22.6 Å². The molecule has 2 rings (SSSR count). The van der Waals surface area contributed by atoms with Crippen molar-refractivity contribution < 1.29 is 9.53 Å². The van der Waals surface area contributed by atoms with Gasteiger partial charge in [-0.2, -0.15) is 0 Å². The van der Waals surface area contributed by atoms with E-state index in [2.05, 4.69) is 4.99 Å². The van der Waals surface area contributed by atoms with Gasteiger partial charge >= 0.3 is 5.97 Å². The largest absolute Gasteiger partial charge is 0.468 e. The lowest BCUT2D eigenvalue weighted by Crippen LogP contribution is -2.17. The van der Waals surface area contributed by atoms with Gasteiger partial charge in [0.25, 0.3) is 0 Å². The molecule has 3 heteroatoms. The van der Waals surface area contributed by atoms with E-state index in [0.29, 0.717) is 6.54 Å². The van der Waals surface area contributed by atoms with Crippen molar-refractivity contribution >= 4 is 12.2 Å². The van der Waals surface area contributed by atoms with Gasteiger partial charge in [0.15, 0.2) is 0 Å². The number of ether oxygens (including phenoxy) is 1. The number of carbonyl (C=O) groups is 1. The number of aryl methyl sites for hydroxylation is 1. The second-order valence-corrected chi connectivity index (χ2v) is 4.89. The summed E-state index contributed by atoms with van der Waals surface area (Å²) in [6, 6.07) is 17.7. The van der Waals surface area contributed by atoms with E-state index in [9.17, 15) is 4.79 Å². The van der Waals surface area contributed by atoms with Crippen LogP contribution in [0.4, 0.5) is 0 Å². The van der Waals surface area contributed by atoms with Gasteiger partial charge in [0.2, 0.25) is 0 Å². The van der Waals surface area contributed by atoms with Crippen LogP contribution in [0, 0.1) is 6.92 Å². The average molecular weight is 281 g/mol. The quantitative estimate of drug-likeness (QED) is 0.622. The molecule has 108 valence electrons. The Labute approximate surface area is 125 Å². The topological polar surface area (TPSA) is 38.7 Å². The highest BCUT2D eigenvalue weighted by molar-refractivity contribution is 5.81. The molecular weight excluding hydrogens is 262 g/mol. The minimum atomic E-state index is -0.365. The first-order valence-corrected chi connectivity index (χ1v) is 6.90. The van der Waals surface area contributed by atoms with Crippen molar-refractivity contribution in [2.45, 2.75) is 12.8 Å². The van der Waals surface area contributed by atoms with Gasteiger partial charge in [0.1, 0.15) is 5.92 Å². The van der Waals surface area contributed by atoms with Gasteiger partial charge in [-0.3, -0.25) is 9.79 Å². The highest BCUT2D eigenvalue weighted by atomic mass is 16.5. The Hall–Kier alpha value is -2.42. The Kier molecular flexibility index (Phi) is 5.27. The molecule has 0 bridgehead atoms. The lowest BCUT2D eigenvalue weighted by molar-refractivity contribution is -0.142. The Balaban J connectivity index is 2.12. The molecule has 21 heavy (non-hydrogen) atoms. The molecule has 1 unspecified atom stereocenters. The maximum absolute atomic E-state index is 11.9. The zero-order valence-electron chi connectivity index (χ0n) is 12.3. The first kappa shape index (κ1) is 15.0. The summed E-state index contributed by atoms with van der Waals surface area (Å²) in [6.45, 7) is 2.40. The highest BCUT2D eigenvalue weighted by Crippen LogP contribution is 2.18. The van der Waals surface area contributed by atoms with Crippen molar-refractivity contribution in [1.82, 2.24) is 0 Å². The lowest BCUT2D eigenvalue weighted by Gasteiger charge is -2.13. The molecule has 0 fully saturated rings. The third-order valence-electron chi connectivity index (χ3n) is 3.29. The number of methoxy groups -OCH3 is 1. The van der Waals surface area contributed by atoms with Crippen LogP contribution in [0.3, 0.4) is 0 Å². The third-order valence-corrected chi connectivity index (χ3v) is 3.29. The summed E-state index contributed by atoms with van der Waals surface area (Å²) in [7, 11) is 1.41. The van der Waals surface area contributed by atoms with E-state index in [1.807, 2.05) is 61.5 Å². The zero-order valence-corrected chi connectivity index (χ0v) is 12.3. The van der Waals surface area contributed by atoms with Gasteiger partial charge in [-0.1, -0.05) is 60.2 Å². The van der Waals surface area contributed by atoms with Gasteiger partial charge in [-0.15, -0.1) is 0 Å². The minimum Gasteiger partial charge on any atom is -0.468 e. The SMILES string of the molecule is COC(=O)C(CN=Cc1ccccc1)c1ccc(C)cc1. The van der Waals surface area contributed by atoms with Crippen LogP contribution in [-0.4, -0.2) is 25.8 Å². The van der Waals surface area contributed by atoms with E-state index in [0.717, 1.165) is 16.7 Å². The van der Waals surface area contributed by atoms with Crippen LogP contribution in [0.25, 0.3) is 0 Å². The summed E-state index contributed by atoms with van der Waals surface area (Å²) in [5.74, 6) is -0.625. The van der Waals surface area contributed by atoms with E-state index in [1.54, 1.807) is 6.21 Å². The summed E-state index contributed by atoms with van der Waals surface area (Å²) in [4.78, 5) is 16.3. The molecule has 0 N–H and O–H groups in total. The third kappa shape index (κ3) is 4.28. The number of rotatable bonds is 5. The summed E-state index contributed by atoms with van der Waals surface area (Å²) in [5, 5.41) is 0. The van der Waals surface area contributed by atoms with Crippen LogP contribution < -0.4 is 0 Å². The van der Waals surface area contributed by atoms with Gasteiger partial charge in [-0.05, 0) is 18.1 Å². The van der Waals surface area contributed by atoms with Crippen molar-refractivity contribution in [3.8, 4) is 0 Å². The second-order valence-electron chi connectivity index (χ2n) is 4.89. The molecule has 0 saturated carbocycles. The maximum Gasteiger partial charge on any atom is 0.315 e. The fraction of sp³-hybridized carbons (Fsp3) is 0.222. The Morgan fingerprint density at radius 3 is 2.43 bits per heavy atom. The van der Waals surface area contributed by atoms with Crippen molar-refractivity contribution in [2.75, 3.05) is 13.7 Å². The van der Waals surface area contributed by atoms with Crippen molar-refractivity contribution in [1.29, 1.82) is 0 Å². The van der Waals surface area contributed by atoms with Crippen LogP contribution >= 0.6 is 0 Å². The van der Waals surface area contributed by atoms with Gasteiger partial charge in [0, 0.05) is 6.21 Å². The highest BCUT2D eigenvalue weighted by Gasteiger charge is 2.20. The van der Waals surface area contributed by atoms with Crippen molar-refractivity contribution in [3.05, 3.63) is 71.3 Å². The average Bonchev–Trinajstić information content (AvgIpc) is 2.53. The molecule has 1 atom stereocenters. The Morgan fingerprint density at radius 1 is 1.14 bits per heavy atom. The predicted octanol–water partition coefficient (Wildman–Crippen LogP) is 3.37. The van der Waals surface area contributed by atoms with E-state index < -0.39 is 0 Å². The molecule has 0 aromatic heterocycles. The molecule has 0 radical (unpaired) electrons. The predicted molar refractivity (Wildman–Crippen MR) is 84.8 cm³/mol. The molecule has 2 aromatic carbocycles. The van der Waals surface area contributed by atoms with Crippen LogP contribution in [0.2, 0.25) is 0 Å². The smallest absolute Gasteiger partial charge is 0.315 e. The van der Waals surface area contributed by atoms with E-state index in [4.69, 9.17) is 4.74 Å².